The van der Waals surface area contributed by atoms with E-state index in [0.717, 1.165) is 14.2 Å². The van der Waals surface area contributed by atoms with E-state index in [1.165, 1.54) is 50.6 Å². The lowest BCUT2D eigenvalue weighted by molar-refractivity contribution is -0.142. The molecule has 0 radical (unpaired) electrons. The topological polar surface area (TPSA) is 186 Å². The van der Waals surface area contributed by atoms with Crippen molar-refractivity contribution in [3.63, 3.8) is 0 Å². The molecule has 3 rings (SSSR count). The van der Waals surface area contributed by atoms with Gasteiger partial charge in [-0.25, -0.2) is 0 Å². The Balaban J connectivity index is 2.20. The van der Waals surface area contributed by atoms with Gasteiger partial charge in [-0.1, -0.05) is 12.1 Å². The first kappa shape index (κ1) is 29.6. The van der Waals surface area contributed by atoms with Gasteiger partial charge in [-0.3, -0.25) is 19.2 Å². The zero-order valence-electron chi connectivity index (χ0n) is 22.1. The third-order valence-corrected chi connectivity index (χ3v) is 6.54. The number of hydrogen-bond donors (Lipinski definition) is 4. The van der Waals surface area contributed by atoms with Crippen molar-refractivity contribution < 1.29 is 58.6 Å². The monoisotopic (exact) mass is 556 g/mol. The molecule has 2 aromatic rings. The van der Waals surface area contributed by atoms with Crippen molar-refractivity contribution in [3.8, 4) is 23.0 Å². The fourth-order valence-electron chi connectivity index (χ4n) is 4.46. The summed E-state index contributed by atoms with van der Waals surface area (Å²) in [4.78, 5) is 51.7. The van der Waals surface area contributed by atoms with Gasteiger partial charge in [0.25, 0.3) is 0 Å². The maximum Gasteiger partial charge on any atom is 0.306 e. The number of phenolic OH excluding ortho intramolecular Hbond substituents is 2. The standard InChI is InChI=1S/C28H28O12/c1-37-19-9-13(5-7-17(19)29)15(11-21(31)39-3)23-25(33)27(35)24(28(36)26(23)34)16(12-22(32)40-4)14-6-8-18(30)20(10-14)38-2/h5-10,15-16,29-30,33,36H,11-12H2,1-4H3/t15-,16+. The van der Waals surface area contributed by atoms with Crippen molar-refractivity contribution in [2.24, 2.45) is 0 Å². The van der Waals surface area contributed by atoms with Crippen LogP contribution in [0.3, 0.4) is 0 Å². The van der Waals surface area contributed by atoms with Gasteiger partial charge in [0, 0.05) is 11.8 Å². The molecule has 4 N–H and O–H groups in total. The number of carbonyl (C=O) groups is 4. The van der Waals surface area contributed by atoms with Crippen LogP contribution in [0.4, 0.5) is 0 Å². The van der Waals surface area contributed by atoms with Crippen LogP contribution in [-0.4, -0.2) is 72.4 Å². The van der Waals surface area contributed by atoms with Crippen LogP contribution in [0.5, 0.6) is 23.0 Å². The minimum Gasteiger partial charge on any atom is -0.504 e. The van der Waals surface area contributed by atoms with Crippen molar-refractivity contribution in [1.82, 2.24) is 0 Å². The number of methoxy groups -OCH3 is 4. The maximum absolute atomic E-state index is 13.6. The Labute approximate surface area is 228 Å². The number of hydrogen-bond acceptors (Lipinski definition) is 12. The number of aromatic hydroxyl groups is 2. The molecule has 12 nitrogen and oxygen atoms in total. The van der Waals surface area contributed by atoms with Gasteiger partial charge < -0.3 is 39.4 Å². The molecule has 0 spiro atoms. The van der Waals surface area contributed by atoms with Gasteiger partial charge >= 0.3 is 11.9 Å². The molecule has 2 aromatic carbocycles. The van der Waals surface area contributed by atoms with Crippen molar-refractivity contribution in [1.29, 1.82) is 0 Å². The minimum absolute atomic E-state index is 0.0121. The molecular weight excluding hydrogens is 528 g/mol. The zero-order chi connectivity index (χ0) is 29.7. The molecule has 2 atom stereocenters. The first-order valence-electron chi connectivity index (χ1n) is 11.8. The van der Waals surface area contributed by atoms with Gasteiger partial charge in [-0.15, -0.1) is 0 Å². The van der Waals surface area contributed by atoms with Gasteiger partial charge in [0.1, 0.15) is 0 Å². The van der Waals surface area contributed by atoms with Crippen molar-refractivity contribution >= 4 is 23.5 Å². The third-order valence-electron chi connectivity index (χ3n) is 6.54. The van der Waals surface area contributed by atoms with E-state index in [1.807, 2.05) is 0 Å². The predicted octanol–water partition coefficient (Wildman–Crippen LogP) is 2.88. The quantitative estimate of drug-likeness (QED) is 0.248. The summed E-state index contributed by atoms with van der Waals surface area (Å²) in [6.45, 7) is 0. The summed E-state index contributed by atoms with van der Waals surface area (Å²) in [5, 5.41) is 42.1. The summed E-state index contributed by atoms with van der Waals surface area (Å²) < 4.78 is 19.6. The summed E-state index contributed by atoms with van der Waals surface area (Å²) in [5.41, 5.74) is -0.809. The highest BCUT2D eigenvalue weighted by molar-refractivity contribution is 6.24. The first-order valence-corrected chi connectivity index (χ1v) is 11.8. The zero-order valence-corrected chi connectivity index (χ0v) is 22.1. The van der Waals surface area contributed by atoms with Crippen LogP contribution in [-0.2, 0) is 28.7 Å². The predicted molar refractivity (Wildman–Crippen MR) is 137 cm³/mol. The Morgan fingerprint density at radius 3 is 1.30 bits per heavy atom. The smallest absolute Gasteiger partial charge is 0.306 e. The molecule has 0 amide bonds. The molecule has 212 valence electrons. The largest absolute Gasteiger partial charge is 0.504 e. The number of esters is 2. The summed E-state index contributed by atoms with van der Waals surface area (Å²) >= 11 is 0. The molecule has 40 heavy (non-hydrogen) atoms. The van der Waals surface area contributed by atoms with Crippen molar-refractivity contribution in [2.75, 3.05) is 28.4 Å². The number of phenols is 2. The van der Waals surface area contributed by atoms with Gasteiger partial charge in [0.2, 0.25) is 11.6 Å². The molecule has 0 saturated carbocycles. The highest BCUT2D eigenvalue weighted by atomic mass is 16.5. The summed E-state index contributed by atoms with van der Waals surface area (Å²) in [5.74, 6) is -9.16. The number of allylic oxidation sites excluding steroid dienone is 2. The Morgan fingerprint density at radius 2 is 1.00 bits per heavy atom. The Kier molecular flexibility index (Phi) is 9.04. The third kappa shape index (κ3) is 5.70. The van der Waals surface area contributed by atoms with Crippen LogP contribution in [0, 0.1) is 0 Å². The van der Waals surface area contributed by atoms with Crippen LogP contribution >= 0.6 is 0 Å². The summed E-state index contributed by atoms with van der Waals surface area (Å²) in [6, 6.07) is 7.78. The lowest BCUT2D eigenvalue weighted by Gasteiger charge is -2.27. The molecule has 1 aliphatic rings. The second kappa shape index (κ2) is 12.2. The highest BCUT2D eigenvalue weighted by Gasteiger charge is 2.43. The molecule has 0 fully saturated rings. The van der Waals surface area contributed by atoms with Crippen LogP contribution in [0.15, 0.2) is 59.1 Å². The first-order chi connectivity index (χ1) is 19.0. The van der Waals surface area contributed by atoms with E-state index in [2.05, 4.69) is 0 Å². The van der Waals surface area contributed by atoms with Crippen LogP contribution < -0.4 is 9.47 Å². The lowest BCUT2D eigenvalue weighted by atomic mass is 9.75. The molecule has 0 unspecified atom stereocenters. The van der Waals surface area contributed by atoms with E-state index < -0.39 is 70.8 Å². The number of ketones is 2. The minimum atomic E-state index is -1.30. The van der Waals surface area contributed by atoms with Crippen LogP contribution in [0.2, 0.25) is 0 Å². The molecule has 0 bridgehead atoms. The second-order valence-electron chi connectivity index (χ2n) is 8.71. The summed E-state index contributed by atoms with van der Waals surface area (Å²) in [6.07, 6.45) is -1.04. The van der Waals surface area contributed by atoms with Crippen molar-refractivity contribution in [3.05, 3.63) is 70.2 Å². The number of aliphatic hydroxyl groups is 2. The van der Waals surface area contributed by atoms with E-state index in [1.54, 1.807) is 0 Å². The molecule has 0 aliphatic heterocycles. The summed E-state index contributed by atoms with van der Waals surface area (Å²) in [7, 11) is 4.77. The molecule has 0 heterocycles. The fraction of sp³-hybridized carbons (Fsp3) is 0.286. The van der Waals surface area contributed by atoms with Gasteiger partial charge in [0.15, 0.2) is 34.5 Å². The van der Waals surface area contributed by atoms with Crippen molar-refractivity contribution in [2.45, 2.75) is 24.7 Å². The Morgan fingerprint density at radius 1 is 0.650 bits per heavy atom. The number of ether oxygens (including phenoxy) is 4. The molecule has 12 heteroatoms. The van der Waals surface area contributed by atoms with Gasteiger partial charge in [0.05, 0.1) is 52.4 Å². The number of carbonyl (C=O) groups excluding carboxylic acids is 4. The lowest BCUT2D eigenvalue weighted by Crippen LogP contribution is -2.31. The van der Waals surface area contributed by atoms with E-state index in [4.69, 9.17) is 18.9 Å². The number of rotatable bonds is 10. The van der Waals surface area contributed by atoms with Crippen LogP contribution in [0.25, 0.3) is 0 Å². The van der Waals surface area contributed by atoms with Gasteiger partial charge in [-0.05, 0) is 35.4 Å². The van der Waals surface area contributed by atoms with E-state index in [-0.39, 0.29) is 34.1 Å². The number of Topliss-reactive ketones (excluding diaryl/α,β-unsaturated/α-hetero) is 2. The highest BCUT2D eigenvalue weighted by Crippen LogP contribution is 2.43. The van der Waals surface area contributed by atoms with Gasteiger partial charge in [-0.2, -0.15) is 0 Å². The molecule has 0 saturated heterocycles. The Hall–Kier alpha value is -5.00. The number of aliphatic hydroxyl groups excluding tert-OH is 2. The molecule has 0 aromatic heterocycles. The normalized spacial score (nSPS) is 15.0. The SMILES string of the molecule is COC(=O)C[C@H](C1=C(O)C(=O)C([C@H](CC(=O)OC)c2ccc(O)c(OC)c2)=C(O)C1=O)c1ccc(O)c(OC)c1. The van der Waals surface area contributed by atoms with Crippen LogP contribution in [0.1, 0.15) is 35.8 Å². The fourth-order valence-corrected chi connectivity index (χ4v) is 4.46. The van der Waals surface area contributed by atoms with E-state index in [0.29, 0.717) is 0 Å². The average molecular weight is 557 g/mol. The maximum atomic E-state index is 13.6. The number of benzene rings is 2. The van der Waals surface area contributed by atoms with E-state index >= 15 is 0 Å². The van der Waals surface area contributed by atoms with E-state index in [9.17, 15) is 39.6 Å². The Bertz CT molecular complexity index is 1310. The second-order valence-corrected chi connectivity index (χ2v) is 8.71. The molecular formula is C28H28O12. The average Bonchev–Trinajstić information content (AvgIpc) is 2.95. The molecule has 1 aliphatic carbocycles.